The summed E-state index contributed by atoms with van der Waals surface area (Å²) in [5.74, 6) is 0. The molecule has 0 unspecified atom stereocenters. The van der Waals surface area contributed by atoms with Gasteiger partial charge in [0.2, 0.25) is 0 Å². The number of aryl methyl sites for hydroxylation is 1. The number of halogens is 1. The van der Waals surface area contributed by atoms with Crippen molar-refractivity contribution in [1.82, 2.24) is 5.32 Å². The van der Waals surface area contributed by atoms with Gasteiger partial charge in [0, 0.05) is 17.3 Å². The zero-order valence-electron chi connectivity index (χ0n) is 11.5. The summed E-state index contributed by atoms with van der Waals surface area (Å²) < 4.78 is 0. The van der Waals surface area contributed by atoms with Crippen LogP contribution in [0.2, 0.25) is 5.02 Å². The van der Waals surface area contributed by atoms with Crippen LogP contribution in [0.1, 0.15) is 16.7 Å². The van der Waals surface area contributed by atoms with Gasteiger partial charge in [-0.15, -0.1) is 0 Å². The van der Waals surface area contributed by atoms with Crippen molar-refractivity contribution in [3.8, 4) is 0 Å². The summed E-state index contributed by atoms with van der Waals surface area (Å²) >= 11 is 6.04. The molecule has 2 rings (SSSR count). The minimum absolute atomic E-state index is 0.237. The van der Waals surface area contributed by atoms with E-state index >= 15 is 0 Å². The van der Waals surface area contributed by atoms with Crippen LogP contribution >= 0.6 is 11.6 Å². The third kappa shape index (κ3) is 3.52. The minimum atomic E-state index is -0.237. The van der Waals surface area contributed by atoms with Crippen LogP contribution in [0.3, 0.4) is 0 Å². The molecule has 0 aliphatic heterocycles. The summed E-state index contributed by atoms with van der Waals surface area (Å²) in [4.78, 5) is 11.9. The Kier molecular flexibility index (Phi) is 4.64. The first-order valence-electron chi connectivity index (χ1n) is 6.42. The van der Waals surface area contributed by atoms with Gasteiger partial charge in [-0.1, -0.05) is 41.9 Å². The van der Waals surface area contributed by atoms with Crippen LogP contribution in [0, 0.1) is 13.8 Å². The Hall–Kier alpha value is -2.00. The first kappa shape index (κ1) is 14.4. The second-order valence-corrected chi connectivity index (χ2v) is 5.05. The van der Waals surface area contributed by atoms with E-state index in [0.29, 0.717) is 11.6 Å². The maximum Gasteiger partial charge on any atom is 0.319 e. The van der Waals surface area contributed by atoms with Crippen LogP contribution in [0.4, 0.5) is 10.5 Å². The van der Waals surface area contributed by atoms with Gasteiger partial charge in [0.25, 0.3) is 0 Å². The summed E-state index contributed by atoms with van der Waals surface area (Å²) in [6.07, 6.45) is 0. The van der Waals surface area contributed by atoms with E-state index in [1.807, 2.05) is 50.2 Å². The number of amides is 2. The Bertz CT molecular complexity index is 626. The maximum absolute atomic E-state index is 11.9. The third-order valence-corrected chi connectivity index (χ3v) is 3.62. The minimum Gasteiger partial charge on any atom is -0.334 e. The Labute approximate surface area is 124 Å². The zero-order valence-corrected chi connectivity index (χ0v) is 12.3. The SMILES string of the molecule is Cc1cccc(NC(=O)NCc2ccccc2Cl)c1C. The lowest BCUT2D eigenvalue weighted by Gasteiger charge is -2.12. The van der Waals surface area contributed by atoms with E-state index in [0.717, 1.165) is 22.4 Å². The second kappa shape index (κ2) is 6.44. The van der Waals surface area contributed by atoms with Gasteiger partial charge >= 0.3 is 6.03 Å². The molecule has 0 saturated heterocycles. The van der Waals surface area contributed by atoms with Crippen molar-refractivity contribution in [1.29, 1.82) is 0 Å². The molecule has 0 atom stereocenters. The van der Waals surface area contributed by atoms with Crippen LogP contribution < -0.4 is 10.6 Å². The largest absolute Gasteiger partial charge is 0.334 e. The van der Waals surface area contributed by atoms with Crippen LogP contribution in [0.25, 0.3) is 0 Å². The first-order chi connectivity index (χ1) is 9.58. The summed E-state index contributed by atoms with van der Waals surface area (Å²) in [5, 5.41) is 6.30. The standard InChI is InChI=1S/C16H17ClN2O/c1-11-6-5-9-15(12(11)2)19-16(20)18-10-13-7-3-4-8-14(13)17/h3-9H,10H2,1-2H3,(H2,18,19,20). The smallest absolute Gasteiger partial charge is 0.319 e. The van der Waals surface area contributed by atoms with Gasteiger partial charge in [0.05, 0.1) is 0 Å². The van der Waals surface area contributed by atoms with Crippen molar-refractivity contribution in [3.63, 3.8) is 0 Å². The molecule has 104 valence electrons. The molecule has 0 bridgehead atoms. The van der Waals surface area contributed by atoms with Gasteiger partial charge in [0.1, 0.15) is 0 Å². The fourth-order valence-corrected chi connectivity index (χ4v) is 2.07. The number of hydrogen-bond donors (Lipinski definition) is 2. The lowest BCUT2D eigenvalue weighted by molar-refractivity contribution is 0.251. The first-order valence-corrected chi connectivity index (χ1v) is 6.80. The average Bonchev–Trinajstić information content (AvgIpc) is 2.43. The summed E-state index contributed by atoms with van der Waals surface area (Å²) in [5.41, 5.74) is 3.93. The lowest BCUT2D eigenvalue weighted by Crippen LogP contribution is -2.28. The molecule has 0 heterocycles. The topological polar surface area (TPSA) is 41.1 Å². The van der Waals surface area contributed by atoms with Gasteiger partial charge in [-0.2, -0.15) is 0 Å². The van der Waals surface area contributed by atoms with E-state index in [1.165, 1.54) is 0 Å². The predicted molar refractivity (Wildman–Crippen MR) is 83.2 cm³/mol. The summed E-state index contributed by atoms with van der Waals surface area (Å²) in [6.45, 7) is 4.40. The lowest BCUT2D eigenvalue weighted by atomic mass is 10.1. The second-order valence-electron chi connectivity index (χ2n) is 4.65. The van der Waals surface area contributed by atoms with Crippen LogP contribution in [-0.2, 0) is 6.54 Å². The van der Waals surface area contributed by atoms with Crippen molar-refractivity contribution in [2.45, 2.75) is 20.4 Å². The van der Waals surface area contributed by atoms with E-state index in [4.69, 9.17) is 11.6 Å². The Balaban J connectivity index is 1.96. The number of benzene rings is 2. The predicted octanol–water partition coefficient (Wildman–Crippen LogP) is 4.28. The number of nitrogens with one attached hydrogen (secondary N) is 2. The normalized spacial score (nSPS) is 10.2. The molecule has 0 fully saturated rings. The number of hydrogen-bond acceptors (Lipinski definition) is 1. The van der Waals surface area contributed by atoms with Gasteiger partial charge in [-0.25, -0.2) is 4.79 Å². The highest BCUT2D eigenvalue weighted by molar-refractivity contribution is 6.31. The Morgan fingerprint density at radius 2 is 1.85 bits per heavy atom. The van der Waals surface area contributed by atoms with Gasteiger partial charge in [-0.05, 0) is 42.7 Å². The molecule has 2 aromatic carbocycles. The van der Waals surface area contributed by atoms with Crippen molar-refractivity contribution in [3.05, 3.63) is 64.2 Å². The molecule has 0 saturated carbocycles. The molecule has 2 amide bonds. The van der Waals surface area contributed by atoms with Crippen molar-refractivity contribution < 1.29 is 4.79 Å². The third-order valence-electron chi connectivity index (χ3n) is 3.25. The molecule has 0 aliphatic rings. The summed E-state index contributed by atoms with van der Waals surface area (Å²) in [7, 11) is 0. The van der Waals surface area contributed by atoms with Crippen LogP contribution in [0.5, 0.6) is 0 Å². The van der Waals surface area contributed by atoms with E-state index < -0.39 is 0 Å². The van der Waals surface area contributed by atoms with Gasteiger partial charge < -0.3 is 10.6 Å². The molecule has 3 nitrogen and oxygen atoms in total. The number of rotatable bonds is 3. The van der Waals surface area contributed by atoms with E-state index in [1.54, 1.807) is 6.07 Å². The van der Waals surface area contributed by atoms with Crippen molar-refractivity contribution in [2.75, 3.05) is 5.32 Å². The van der Waals surface area contributed by atoms with Gasteiger partial charge in [0.15, 0.2) is 0 Å². The fraction of sp³-hybridized carbons (Fsp3) is 0.188. The number of urea groups is 1. The molecule has 0 spiro atoms. The maximum atomic E-state index is 11.9. The van der Waals surface area contributed by atoms with Gasteiger partial charge in [-0.3, -0.25) is 0 Å². The molecule has 0 aliphatic carbocycles. The van der Waals surface area contributed by atoms with E-state index in [-0.39, 0.29) is 6.03 Å². The zero-order chi connectivity index (χ0) is 14.5. The Morgan fingerprint density at radius 1 is 1.10 bits per heavy atom. The highest BCUT2D eigenvalue weighted by Gasteiger charge is 2.06. The molecule has 20 heavy (non-hydrogen) atoms. The quantitative estimate of drug-likeness (QED) is 0.869. The highest BCUT2D eigenvalue weighted by Crippen LogP contribution is 2.18. The van der Waals surface area contributed by atoms with E-state index in [9.17, 15) is 4.79 Å². The molecule has 0 aromatic heterocycles. The van der Waals surface area contributed by atoms with Crippen molar-refractivity contribution in [2.24, 2.45) is 0 Å². The highest BCUT2D eigenvalue weighted by atomic mass is 35.5. The fourth-order valence-electron chi connectivity index (χ4n) is 1.87. The molecule has 2 N–H and O–H groups in total. The number of anilines is 1. The molecule has 4 heteroatoms. The summed E-state index contributed by atoms with van der Waals surface area (Å²) in [6, 6.07) is 13.0. The molecule has 2 aromatic rings. The molecular formula is C16H17ClN2O. The van der Waals surface area contributed by atoms with Crippen LogP contribution in [-0.4, -0.2) is 6.03 Å². The average molecular weight is 289 g/mol. The van der Waals surface area contributed by atoms with Crippen molar-refractivity contribution >= 4 is 23.3 Å². The van der Waals surface area contributed by atoms with E-state index in [2.05, 4.69) is 10.6 Å². The molecule has 0 radical (unpaired) electrons. The monoisotopic (exact) mass is 288 g/mol. The molecular weight excluding hydrogens is 272 g/mol. The number of carbonyl (C=O) groups excluding carboxylic acids is 1. The Morgan fingerprint density at radius 3 is 2.60 bits per heavy atom. The van der Waals surface area contributed by atoms with Crippen LogP contribution in [0.15, 0.2) is 42.5 Å². The number of carbonyl (C=O) groups is 1.